The van der Waals surface area contributed by atoms with Gasteiger partial charge in [0.2, 0.25) is 0 Å². The van der Waals surface area contributed by atoms with Crippen molar-refractivity contribution in [2.45, 2.75) is 45.3 Å². The third-order valence-corrected chi connectivity index (χ3v) is 4.69. The number of amides is 1. The maximum absolute atomic E-state index is 12.1. The highest BCUT2D eigenvalue weighted by atomic mass is 32.1. The Morgan fingerprint density at radius 1 is 1.30 bits per heavy atom. The van der Waals surface area contributed by atoms with Gasteiger partial charge in [0.15, 0.2) is 0 Å². The molecule has 1 aromatic carbocycles. The van der Waals surface area contributed by atoms with E-state index in [0.717, 1.165) is 18.7 Å². The van der Waals surface area contributed by atoms with Gasteiger partial charge in [0.25, 0.3) is 0 Å². The van der Waals surface area contributed by atoms with Crippen molar-refractivity contribution in [1.29, 1.82) is 0 Å². The second-order valence-electron chi connectivity index (χ2n) is 6.91. The summed E-state index contributed by atoms with van der Waals surface area (Å²) in [5.74, 6) is 0.960. The van der Waals surface area contributed by atoms with Crippen LogP contribution in [-0.2, 0) is 4.74 Å². The summed E-state index contributed by atoms with van der Waals surface area (Å²) < 4.78 is 11.1. The molecular weight excluding hydrogens is 310 g/mol. The molecule has 1 aliphatic heterocycles. The van der Waals surface area contributed by atoms with E-state index in [-0.39, 0.29) is 6.09 Å². The van der Waals surface area contributed by atoms with Crippen LogP contribution in [0.5, 0.6) is 0 Å². The Bertz CT molecular complexity index is 684. The van der Waals surface area contributed by atoms with Gasteiger partial charge in [0.05, 0.1) is 4.70 Å². The van der Waals surface area contributed by atoms with E-state index in [1.807, 2.05) is 32.9 Å². The van der Waals surface area contributed by atoms with Gasteiger partial charge < -0.3 is 15.0 Å². The Morgan fingerprint density at radius 2 is 2.00 bits per heavy atom. The Balaban J connectivity index is 1.56. The summed E-state index contributed by atoms with van der Waals surface area (Å²) in [6, 6.07) is 8.59. The molecule has 0 atom stereocenters. The number of nitrogens with one attached hydrogen (secondary N) is 1. The molecule has 0 aliphatic carbocycles. The SMILES string of the molecule is CC(C)(C)OC(=O)N1CCC(Nc2nsc3ccccc23)CC1. The second kappa shape index (κ2) is 6.35. The monoisotopic (exact) mass is 333 g/mol. The number of hydrogen-bond acceptors (Lipinski definition) is 5. The van der Waals surface area contributed by atoms with Crippen LogP contribution in [0.1, 0.15) is 33.6 Å². The van der Waals surface area contributed by atoms with Crippen molar-refractivity contribution in [2.75, 3.05) is 18.4 Å². The Hall–Kier alpha value is -1.82. The first-order chi connectivity index (χ1) is 10.9. The number of anilines is 1. The van der Waals surface area contributed by atoms with Crippen molar-refractivity contribution in [2.24, 2.45) is 0 Å². The lowest BCUT2D eigenvalue weighted by atomic mass is 10.1. The number of likely N-dealkylation sites (tertiary alicyclic amines) is 1. The van der Waals surface area contributed by atoms with Gasteiger partial charge in [0.1, 0.15) is 11.4 Å². The lowest BCUT2D eigenvalue weighted by Gasteiger charge is -2.33. The molecule has 2 aromatic rings. The predicted octanol–water partition coefficient (Wildman–Crippen LogP) is 4.11. The number of rotatable bonds is 2. The van der Waals surface area contributed by atoms with Crippen LogP contribution in [0.4, 0.5) is 10.6 Å². The smallest absolute Gasteiger partial charge is 0.410 e. The molecule has 2 heterocycles. The van der Waals surface area contributed by atoms with Crippen LogP contribution in [0.3, 0.4) is 0 Å². The van der Waals surface area contributed by atoms with E-state index in [4.69, 9.17) is 4.74 Å². The Kier molecular flexibility index (Phi) is 4.43. The minimum absolute atomic E-state index is 0.213. The molecule has 1 N–H and O–H groups in total. The highest BCUT2D eigenvalue weighted by molar-refractivity contribution is 7.13. The van der Waals surface area contributed by atoms with Gasteiger partial charge in [-0.15, -0.1) is 0 Å². The normalized spacial score (nSPS) is 16.6. The molecule has 0 bridgehead atoms. The van der Waals surface area contributed by atoms with Gasteiger partial charge in [-0.3, -0.25) is 0 Å². The topological polar surface area (TPSA) is 54.5 Å². The fourth-order valence-corrected chi connectivity index (χ4v) is 3.46. The molecule has 0 radical (unpaired) electrons. The maximum atomic E-state index is 12.1. The first-order valence-electron chi connectivity index (χ1n) is 8.01. The van der Waals surface area contributed by atoms with Gasteiger partial charge in [-0.25, -0.2) is 4.79 Å². The van der Waals surface area contributed by atoms with E-state index in [9.17, 15) is 4.79 Å². The van der Waals surface area contributed by atoms with Crippen molar-refractivity contribution in [3.8, 4) is 0 Å². The third-order valence-electron chi connectivity index (χ3n) is 3.86. The molecule has 1 amide bonds. The lowest BCUT2D eigenvalue weighted by molar-refractivity contribution is 0.0210. The molecule has 1 saturated heterocycles. The quantitative estimate of drug-likeness (QED) is 0.898. The number of benzene rings is 1. The summed E-state index contributed by atoms with van der Waals surface area (Å²) in [5, 5.41) is 4.71. The predicted molar refractivity (Wildman–Crippen MR) is 94.1 cm³/mol. The van der Waals surface area contributed by atoms with Crippen molar-refractivity contribution < 1.29 is 9.53 Å². The molecule has 5 nitrogen and oxygen atoms in total. The first-order valence-corrected chi connectivity index (χ1v) is 8.78. The van der Waals surface area contributed by atoms with Crippen molar-refractivity contribution in [3.05, 3.63) is 24.3 Å². The zero-order valence-corrected chi connectivity index (χ0v) is 14.7. The molecule has 0 unspecified atom stereocenters. The van der Waals surface area contributed by atoms with E-state index in [1.54, 1.807) is 4.90 Å². The molecular formula is C17H23N3O2S. The summed E-state index contributed by atoms with van der Waals surface area (Å²) in [6.45, 7) is 7.12. The van der Waals surface area contributed by atoms with E-state index >= 15 is 0 Å². The Morgan fingerprint density at radius 3 is 2.70 bits per heavy atom. The largest absolute Gasteiger partial charge is 0.444 e. The minimum atomic E-state index is -0.439. The van der Waals surface area contributed by atoms with Gasteiger partial charge in [0, 0.05) is 24.5 Å². The van der Waals surface area contributed by atoms with Crippen LogP contribution in [0.15, 0.2) is 24.3 Å². The van der Waals surface area contributed by atoms with Crippen LogP contribution in [0, 0.1) is 0 Å². The summed E-state index contributed by atoms with van der Waals surface area (Å²) in [7, 11) is 0. The average molecular weight is 333 g/mol. The number of nitrogens with zero attached hydrogens (tertiary/aromatic N) is 2. The maximum Gasteiger partial charge on any atom is 0.410 e. The van der Waals surface area contributed by atoms with Gasteiger partial charge in [-0.2, -0.15) is 4.37 Å². The number of hydrogen-bond donors (Lipinski definition) is 1. The van der Waals surface area contributed by atoms with E-state index in [1.165, 1.54) is 21.6 Å². The zero-order chi connectivity index (χ0) is 16.4. The highest BCUT2D eigenvalue weighted by Gasteiger charge is 2.27. The number of ether oxygens (including phenoxy) is 1. The van der Waals surface area contributed by atoms with Gasteiger partial charge in [-0.05, 0) is 57.3 Å². The fraction of sp³-hybridized carbons (Fsp3) is 0.529. The van der Waals surface area contributed by atoms with E-state index < -0.39 is 5.60 Å². The van der Waals surface area contributed by atoms with Crippen molar-refractivity contribution in [3.63, 3.8) is 0 Å². The zero-order valence-electron chi connectivity index (χ0n) is 13.8. The number of carbonyl (C=O) groups excluding carboxylic acids is 1. The molecule has 0 saturated carbocycles. The van der Waals surface area contributed by atoms with E-state index in [0.29, 0.717) is 19.1 Å². The third kappa shape index (κ3) is 3.93. The standard InChI is InChI=1S/C17H23N3O2S/c1-17(2,3)22-16(21)20-10-8-12(9-11-20)18-15-13-6-4-5-7-14(13)23-19-15/h4-7,12H,8-11H2,1-3H3,(H,18,19). The molecule has 23 heavy (non-hydrogen) atoms. The summed E-state index contributed by atoms with van der Waals surface area (Å²) in [6.07, 6.45) is 1.60. The number of fused-ring (bicyclic) bond motifs is 1. The molecule has 1 aliphatic rings. The van der Waals surface area contributed by atoms with Gasteiger partial charge in [-0.1, -0.05) is 12.1 Å². The summed E-state index contributed by atoms with van der Waals surface area (Å²) in [5.41, 5.74) is -0.439. The first kappa shape index (κ1) is 16.1. The van der Waals surface area contributed by atoms with Crippen LogP contribution >= 0.6 is 11.5 Å². The summed E-state index contributed by atoms with van der Waals surface area (Å²) in [4.78, 5) is 13.9. The highest BCUT2D eigenvalue weighted by Crippen LogP contribution is 2.28. The van der Waals surface area contributed by atoms with Crippen LogP contribution in [0.25, 0.3) is 10.1 Å². The summed E-state index contributed by atoms with van der Waals surface area (Å²) >= 11 is 1.52. The van der Waals surface area contributed by atoms with Crippen LogP contribution < -0.4 is 5.32 Å². The van der Waals surface area contributed by atoms with Crippen LogP contribution in [0.2, 0.25) is 0 Å². The molecule has 1 fully saturated rings. The molecule has 6 heteroatoms. The molecule has 1 aromatic heterocycles. The van der Waals surface area contributed by atoms with E-state index in [2.05, 4.69) is 21.8 Å². The second-order valence-corrected chi connectivity index (χ2v) is 7.72. The lowest BCUT2D eigenvalue weighted by Crippen LogP contribution is -2.44. The Labute approximate surface area is 140 Å². The van der Waals surface area contributed by atoms with Crippen molar-refractivity contribution >= 4 is 33.5 Å². The molecule has 0 spiro atoms. The van der Waals surface area contributed by atoms with Crippen LogP contribution in [-0.4, -0.2) is 40.1 Å². The minimum Gasteiger partial charge on any atom is -0.444 e. The average Bonchev–Trinajstić information content (AvgIpc) is 2.90. The fourth-order valence-electron chi connectivity index (χ4n) is 2.72. The van der Waals surface area contributed by atoms with Gasteiger partial charge >= 0.3 is 6.09 Å². The van der Waals surface area contributed by atoms with Crippen molar-refractivity contribution in [1.82, 2.24) is 9.27 Å². The number of aromatic nitrogens is 1. The number of carbonyl (C=O) groups is 1. The number of piperidine rings is 1. The molecule has 124 valence electrons. The molecule has 3 rings (SSSR count).